The van der Waals surface area contributed by atoms with Crippen LogP contribution in [-0.2, 0) is 0 Å². The first kappa shape index (κ1) is 20.3. The van der Waals surface area contributed by atoms with E-state index in [-0.39, 0.29) is 16.9 Å². The summed E-state index contributed by atoms with van der Waals surface area (Å²) in [4.78, 5) is 26.3. The largest absolute Gasteiger partial charge is 0.339 e. The Morgan fingerprint density at radius 2 is 1.65 bits per heavy atom. The quantitative estimate of drug-likeness (QED) is 0.503. The number of nitrogens with zero attached hydrogens (tertiary/aromatic N) is 1. The van der Waals surface area contributed by atoms with E-state index in [9.17, 15) is 9.59 Å². The number of hydrogen-bond donors (Lipinski definition) is 2. The zero-order valence-corrected chi connectivity index (χ0v) is 17.6. The lowest BCUT2D eigenvalue weighted by Gasteiger charge is -2.18. The molecule has 0 aliphatic heterocycles. The van der Waals surface area contributed by atoms with Gasteiger partial charge in [0.2, 0.25) is 0 Å². The Hall–Kier alpha value is -2.00. The number of carbonyl (C=O) groups excluding carboxylic acids is 2. The van der Waals surface area contributed by atoms with Crippen molar-refractivity contribution >= 4 is 57.4 Å². The van der Waals surface area contributed by atoms with Crippen molar-refractivity contribution < 1.29 is 9.59 Å². The molecule has 0 heterocycles. The Morgan fingerprint density at radius 3 is 2.23 bits per heavy atom. The highest BCUT2D eigenvalue weighted by atomic mass is 127. The first-order chi connectivity index (χ1) is 12.5. The van der Waals surface area contributed by atoms with Crippen LogP contribution in [0.25, 0.3) is 0 Å². The normalized spacial score (nSPS) is 10.1. The maximum absolute atomic E-state index is 12.3. The molecule has 0 radical (unpaired) electrons. The fourth-order valence-electron chi connectivity index (χ4n) is 2.37. The second-order valence-corrected chi connectivity index (χ2v) is 7.01. The average molecular weight is 481 g/mol. The SMILES string of the molecule is CCN(CC)C(=O)c1ccc(NC(=S)NC(=O)c2ccccc2I)cc1. The maximum atomic E-state index is 12.3. The van der Waals surface area contributed by atoms with Crippen LogP contribution in [0.5, 0.6) is 0 Å². The number of rotatable bonds is 5. The van der Waals surface area contributed by atoms with Crippen molar-refractivity contribution in [3.8, 4) is 0 Å². The molecule has 136 valence electrons. The number of anilines is 1. The van der Waals surface area contributed by atoms with Gasteiger partial charge in [-0.3, -0.25) is 14.9 Å². The molecule has 7 heteroatoms. The van der Waals surface area contributed by atoms with Crippen molar-refractivity contribution in [1.82, 2.24) is 10.2 Å². The third-order valence-corrected chi connectivity index (χ3v) is 4.93. The Morgan fingerprint density at radius 1 is 1.04 bits per heavy atom. The van der Waals surface area contributed by atoms with Crippen LogP contribution in [0.1, 0.15) is 34.6 Å². The minimum Gasteiger partial charge on any atom is -0.339 e. The minimum atomic E-state index is -0.263. The summed E-state index contributed by atoms with van der Waals surface area (Å²) in [7, 11) is 0. The summed E-state index contributed by atoms with van der Waals surface area (Å²) in [6.45, 7) is 5.24. The van der Waals surface area contributed by atoms with Gasteiger partial charge in [-0.15, -0.1) is 0 Å². The third-order valence-electron chi connectivity index (χ3n) is 3.79. The molecular formula is C19H20IN3O2S. The van der Waals surface area contributed by atoms with Crippen LogP contribution in [0.2, 0.25) is 0 Å². The Bertz CT molecular complexity index is 805. The molecule has 26 heavy (non-hydrogen) atoms. The molecule has 0 aromatic heterocycles. The van der Waals surface area contributed by atoms with Crippen LogP contribution in [0.15, 0.2) is 48.5 Å². The molecule has 0 saturated heterocycles. The third kappa shape index (κ3) is 5.25. The molecule has 2 aromatic rings. The van der Waals surface area contributed by atoms with Gasteiger partial charge in [0, 0.05) is 27.9 Å². The van der Waals surface area contributed by atoms with Crippen LogP contribution >= 0.6 is 34.8 Å². The van der Waals surface area contributed by atoms with Crippen LogP contribution < -0.4 is 10.6 Å². The monoisotopic (exact) mass is 481 g/mol. The summed E-state index contributed by atoms with van der Waals surface area (Å²) in [5.41, 5.74) is 1.89. The maximum Gasteiger partial charge on any atom is 0.258 e. The molecule has 5 nitrogen and oxygen atoms in total. The van der Waals surface area contributed by atoms with Gasteiger partial charge in [0.15, 0.2) is 5.11 Å². The van der Waals surface area contributed by atoms with Gasteiger partial charge < -0.3 is 10.2 Å². The molecule has 0 unspecified atom stereocenters. The van der Waals surface area contributed by atoms with Crippen LogP contribution in [0.4, 0.5) is 5.69 Å². The predicted molar refractivity (Wildman–Crippen MR) is 117 cm³/mol. The molecule has 0 atom stereocenters. The van der Waals surface area contributed by atoms with E-state index >= 15 is 0 Å². The van der Waals surface area contributed by atoms with Gasteiger partial charge in [0.1, 0.15) is 0 Å². The van der Waals surface area contributed by atoms with E-state index in [1.807, 2.05) is 26.0 Å². The van der Waals surface area contributed by atoms with Gasteiger partial charge in [-0.05, 0) is 85.1 Å². The highest BCUT2D eigenvalue weighted by Crippen LogP contribution is 2.13. The number of amides is 2. The van der Waals surface area contributed by atoms with E-state index < -0.39 is 0 Å². The summed E-state index contributed by atoms with van der Waals surface area (Å²) in [6, 6.07) is 14.3. The summed E-state index contributed by atoms with van der Waals surface area (Å²) in [5, 5.41) is 5.82. The fourth-order valence-corrected chi connectivity index (χ4v) is 3.21. The number of nitrogens with one attached hydrogen (secondary N) is 2. The van der Waals surface area contributed by atoms with E-state index in [1.165, 1.54) is 0 Å². The molecule has 2 N–H and O–H groups in total. The molecule has 0 aliphatic rings. The van der Waals surface area contributed by atoms with Crippen LogP contribution in [-0.4, -0.2) is 34.9 Å². The van der Waals surface area contributed by atoms with Gasteiger partial charge in [0.05, 0.1) is 5.56 Å². The van der Waals surface area contributed by atoms with Crippen molar-refractivity contribution in [1.29, 1.82) is 0 Å². The molecule has 2 amide bonds. The zero-order valence-electron chi connectivity index (χ0n) is 14.6. The van der Waals surface area contributed by atoms with Gasteiger partial charge in [0.25, 0.3) is 11.8 Å². The van der Waals surface area contributed by atoms with Gasteiger partial charge in [-0.2, -0.15) is 0 Å². The molecule has 0 aliphatic carbocycles. The van der Waals surface area contributed by atoms with E-state index in [0.717, 1.165) is 3.57 Å². The molecule has 2 rings (SSSR count). The molecule has 0 fully saturated rings. The molecular weight excluding hydrogens is 461 g/mol. The molecule has 0 spiro atoms. The van der Waals surface area contributed by atoms with E-state index in [4.69, 9.17) is 12.2 Å². The second kappa shape index (κ2) is 9.63. The van der Waals surface area contributed by atoms with Crippen LogP contribution in [0.3, 0.4) is 0 Å². The highest BCUT2D eigenvalue weighted by Gasteiger charge is 2.13. The number of benzene rings is 2. The molecule has 2 aromatic carbocycles. The van der Waals surface area contributed by atoms with Gasteiger partial charge >= 0.3 is 0 Å². The first-order valence-corrected chi connectivity index (χ1v) is 9.71. The Kier molecular flexibility index (Phi) is 7.52. The van der Waals surface area contributed by atoms with Crippen molar-refractivity contribution in [3.63, 3.8) is 0 Å². The lowest BCUT2D eigenvalue weighted by atomic mass is 10.2. The van der Waals surface area contributed by atoms with Crippen molar-refractivity contribution in [2.75, 3.05) is 18.4 Å². The van der Waals surface area contributed by atoms with Gasteiger partial charge in [-0.25, -0.2) is 0 Å². The highest BCUT2D eigenvalue weighted by molar-refractivity contribution is 14.1. The lowest BCUT2D eigenvalue weighted by molar-refractivity contribution is 0.0772. The smallest absolute Gasteiger partial charge is 0.258 e. The lowest BCUT2D eigenvalue weighted by Crippen LogP contribution is -2.34. The topological polar surface area (TPSA) is 61.4 Å². The number of hydrogen-bond acceptors (Lipinski definition) is 3. The fraction of sp³-hybridized carbons (Fsp3) is 0.211. The van der Waals surface area contributed by atoms with Crippen molar-refractivity contribution in [2.24, 2.45) is 0 Å². The van der Waals surface area contributed by atoms with Crippen LogP contribution in [0, 0.1) is 3.57 Å². The molecule has 0 bridgehead atoms. The van der Waals surface area contributed by atoms with E-state index in [1.54, 1.807) is 41.3 Å². The number of thiocarbonyl (C=S) groups is 1. The van der Waals surface area contributed by atoms with Gasteiger partial charge in [-0.1, -0.05) is 12.1 Å². The average Bonchev–Trinajstić information content (AvgIpc) is 2.63. The number of halogens is 1. The van der Waals surface area contributed by atoms with E-state index in [0.29, 0.717) is 29.9 Å². The summed E-state index contributed by atoms with van der Waals surface area (Å²) >= 11 is 7.30. The Labute approximate surface area is 172 Å². The van der Waals surface area contributed by atoms with Crippen molar-refractivity contribution in [2.45, 2.75) is 13.8 Å². The number of carbonyl (C=O) groups is 2. The predicted octanol–water partition coefficient (Wildman–Crippen LogP) is 3.90. The first-order valence-electron chi connectivity index (χ1n) is 8.22. The van der Waals surface area contributed by atoms with E-state index in [2.05, 4.69) is 33.2 Å². The summed E-state index contributed by atoms with van der Waals surface area (Å²) in [6.07, 6.45) is 0. The molecule has 0 saturated carbocycles. The summed E-state index contributed by atoms with van der Waals surface area (Å²) in [5.74, 6) is -0.267. The Balaban J connectivity index is 1.98. The second-order valence-electron chi connectivity index (χ2n) is 5.44. The zero-order chi connectivity index (χ0) is 19.1. The summed E-state index contributed by atoms with van der Waals surface area (Å²) < 4.78 is 0.852. The minimum absolute atomic E-state index is 0.00363. The van der Waals surface area contributed by atoms with Crippen molar-refractivity contribution in [3.05, 3.63) is 63.2 Å². The standard InChI is InChI=1S/C19H20IN3O2S/c1-3-23(4-2)18(25)13-9-11-14(12-10-13)21-19(26)22-17(24)15-7-5-6-8-16(15)20/h5-12H,3-4H2,1-2H3,(H2,21,22,24,26).